The third-order valence-electron chi connectivity index (χ3n) is 4.13. The molecule has 1 N–H and O–H groups in total. The maximum absolute atomic E-state index is 12.5. The fourth-order valence-corrected chi connectivity index (χ4v) is 2.87. The minimum atomic E-state index is -0.0775. The van der Waals surface area contributed by atoms with Crippen LogP contribution in [0.4, 0.5) is 0 Å². The summed E-state index contributed by atoms with van der Waals surface area (Å²) in [5.74, 6) is 1.54. The van der Waals surface area contributed by atoms with E-state index in [1.807, 2.05) is 54.8 Å². The van der Waals surface area contributed by atoms with Gasteiger partial charge >= 0.3 is 0 Å². The maximum Gasteiger partial charge on any atom is 0.253 e. The monoisotopic (exact) mass is 353 g/mol. The number of ether oxygens (including phenoxy) is 1. The molecule has 3 aromatic heterocycles. The molecule has 0 bridgehead atoms. The van der Waals surface area contributed by atoms with Crippen molar-refractivity contribution in [2.45, 2.75) is 26.9 Å². The minimum absolute atomic E-state index is 0.0775. The van der Waals surface area contributed by atoms with E-state index in [0.717, 1.165) is 29.4 Å². The van der Waals surface area contributed by atoms with Crippen molar-refractivity contribution in [3.63, 3.8) is 0 Å². The summed E-state index contributed by atoms with van der Waals surface area (Å²) in [6.45, 7) is 5.48. The van der Waals surface area contributed by atoms with Crippen molar-refractivity contribution >= 4 is 5.91 Å². The Morgan fingerprint density at radius 1 is 1.27 bits per heavy atom. The molecule has 0 aliphatic rings. The number of pyridine rings is 1. The molecule has 0 saturated carbocycles. The molecule has 0 aromatic carbocycles. The van der Waals surface area contributed by atoms with Crippen molar-refractivity contribution in [3.8, 4) is 5.82 Å². The predicted octanol–water partition coefficient (Wildman–Crippen LogP) is 3.42. The highest BCUT2D eigenvalue weighted by atomic mass is 16.5. The number of carbonyl (C=O) groups is 1. The van der Waals surface area contributed by atoms with Crippen LogP contribution in [0.25, 0.3) is 5.82 Å². The standard InChI is InChI=1S/C20H23N3O3/c1-15-13-18(16(2)23(15)19-8-3-4-9-21-19)20(24)22-10-6-11-25-14-17-7-5-12-26-17/h3-5,7-9,12-13H,6,10-11,14H2,1-2H3,(H,22,24). The van der Waals surface area contributed by atoms with E-state index in [1.165, 1.54) is 0 Å². The normalized spacial score (nSPS) is 10.8. The molecule has 3 aromatic rings. The van der Waals surface area contributed by atoms with Gasteiger partial charge in [-0.1, -0.05) is 6.07 Å². The molecule has 3 heterocycles. The van der Waals surface area contributed by atoms with E-state index in [1.54, 1.807) is 12.5 Å². The average Bonchev–Trinajstić information content (AvgIpc) is 3.26. The zero-order chi connectivity index (χ0) is 18.4. The molecular formula is C20H23N3O3. The highest BCUT2D eigenvalue weighted by molar-refractivity contribution is 5.95. The number of furan rings is 1. The molecule has 6 nitrogen and oxygen atoms in total. The number of nitrogens with one attached hydrogen (secondary N) is 1. The van der Waals surface area contributed by atoms with E-state index in [-0.39, 0.29) is 5.91 Å². The SMILES string of the molecule is Cc1cc(C(=O)NCCCOCc2ccco2)c(C)n1-c1ccccn1. The highest BCUT2D eigenvalue weighted by Crippen LogP contribution is 2.19. The molecular weight excluding hydrogens is 330 g/mol. The number of hydrogen-bond donors (Lipinski definition) is 1. The van der Waals surface area contributed by atoms with Gasteiger partial charge in [-0.15, -0.1) is 0 Å². The summed E-state index contributed by atoms with van der Waals surface area (Å²) in [7, 11) is 0. The summed E-state index contributed by atoms with van der Waals surface area (Å²) in [5.41, 5.74) is 2.53. The van der Waals surface area contributed by atoms with Crippen LogP contribution in [-0.4, -0.2) is 28.6 Å². The number of hydrogen-bond acceptors (Lipinski definition) is 4. The largest absolute Gasteiger partial charge is 0.467 e. The summed E-state index contributed by atoms with van der Waals surface area (Å²) in [5, 5.41) is 2.95. The van der Waals surface area contributed by atoms with E-state index in [2.05, 4.69) is 10.3 Å². The Bertz CT molecular complexity index is 839. The first-order valence-electron chi connectivity index (χ1n) is 8.65. The van der Waals surface area contributed by atoms with Crippen LogP contribution in [0, 0.1) is 13.8 Å². The van der Waals surface area contributed by atoms with Crippen LogP contribution in [-0.2, 0) is 11.3 Å². The first kappa shape index (κ1) is 17.9. The Balaban J connectivity index is 1.50. The summed E-state index contributed by atoms with van der Waals surface area (Å²) in [6, 6.07) is 11.3. The topological polar surface area (TPSA) is 69.3 Å². The second-order valence-electron chi connectivity index (χ2n) is 6.05. The Morgan fingerprint density at radius 3 is 2.88 bits per heavy atom. The second kappa shape index (κ2) is 8.49. The molecule has 6 heteroatoms. The molecule has 0 aliphatic heterocycles. The van der Waals surface area contributed by atoms with Crippen molar-refractivity contribution in [2.75, 3.05) is 13.2 Å². The highest BCUT2D eigenvalue weighted by Gasteiger charge is 2.16. The summed E-state index contributed by atoms with van der Waals surface area (Å²) >= 11 is 0. The number of rotatable bonds is 8. The van der Waals surface area contributed by atoms with Gasteiger partial charge in [-0.2, -0.15) is 0 Å². The fraction of sp³-hybridized carbons (Fsp3) is 0.300. The van der Waals surface area contributed by atoms with Crippen molar-refractivity contribution in [1.82, 2.24) is 14.9 Å². The van der Waals surface area contributed by atoms with Gasteiger partial charge in [0.2, 0.25) is 0 Å². The van der Waals surface area contributed by atoms with Crippen LogP contribution in [0.3, 0.4) is 0 Å². The molecule has 26 heavy (non-hydrogen) atoms. The average molecular weight is 353 g/mol. The Morgan fingerprint density at radius 2 is 2.15 bits per heavy atom. The first-order valence-corrected chi connectivity index (χ1v) is 8.65. The van der Waals surface area contributed by atoms with Crippen LogP contribution in [0.2, 0.25) is 0 Å². The first-order chi connectivity index (χ1) is 12.7. The number of aromatic nitrogens is 2. The van der Waals surface area contributed by atoms with E-state index >= 15 is 0 Å². The molecule has 0 saturated heterocycles. The third-order valence-corrected chi connectivity index (χ3v) is 4.13. The smallest absolute Gasteiger partial charge is 0.253 e. The van der Waals surface area contributed by atoms with Crippen molar-refractivity contribution in [2.24, 2.45) is 0 Å². The van der Waals surface area contributed by atoms with Gasteiger partial charge in [0.15, 0.2) is 0 Å². The lowest BCUT2D eigenvalue weighted by Crippen LogP contribution is -2.25. The lowest BCUT2D eigenvalue weighted by Gasteiger charge is -2.09. The molecule has 0 fully saturated rings. The number of nitrogens with zero attached hydrogens (tertiary/aromatic N) is 2. The predicted molar refractivity (Wildman–Crippen MR) is 98.4 cm³/mol. The molecule has 1 amide bonds. The Hall–Kier alpha value is -2.86. The fourth-order valence-electron chi connectivity index (χ4n) is 2.87. The van der Waals surface area contributed by atoms with Crippen LogP contribution >= 0.6 is 0 Å². The van der Waals surface area contributed by atoms with Crippen molar-refractivity contribution in [3.05, 3.63) is 71.6 Å². The zero-order valence-electron chi connectivity index (χ0n) is 15.1. The molecule has 0 spiro atoms. The number of carbonyl (C=O) groups excluding carboxylic acids is 1. The molecule has 0 atom stereocenters. The zero-order valence-corrected chi connectivity index (χ0v) is 15.1. The molecule has 136 valence electrons. The van der Waals surface area contributed by atoms with Gasteiger partial charge in [-0.05, 0) is 50.6 Å². The summed E-state index contributed by atoms with van der Waals surface area (Å²) in [6.07, 6.45) is 4.11. The van der Waals surface area contributed by atoms with Crippen LogP contribution in [0.1, 0.15) is 33.9 Å². The van der Waals surface area contributed by atoms with E-state index in [4.69, 9.17) is 9.15 Å². The van der Waals surface area contributed by atoms with E-state index in [0.29, 0.717) is 25.3 Å². The van der Waals surface area contributed by atoms with Crippen LogP contribution in [0.15, 0.2) is 53.3 Å². The van der Waals surface area contributed by atoms with Gasteiger partial charge in [0.05, 0.1) is 11.8 Å². The Labute approximate surface area is 152 Å². The van der Waals surface area contributed by atoms with Crippen LogP contribution < -0.4 is 5.32 Å². The maximum atomic E-state index is 12.5. The van der Waals surface area contributed by atoms with Gasteiger partial charge < -0.3 is 19.0 Å². The van der Waals surface area contributed by atoms with Gasteiger partial charge in [-0.3, -0.25) is 4.79 Å². The van der Waals surface area contributed by atoms with Crippen molar-refractivity contribution < 1.29 is 13.9 Å². The number of amides is 1. The van der Waals surface area contributed by atoms with Gasteiger partial charge in [0.1, 0.15) is 18.2 Å². The van der Waals surface area contributed by atoms with Crippen molar-refractivity contribution in [1.29, 1.82) is 0 Å². The molecule has 0 aliphatic carbocycles. The van der Waals surface area contributed by atoms with E-state index < -0.39 is 0 Å². The lowest BCUT2D eigenvalue weighted by atomic mass is 10.2. The third kappa shape index (κ3) is 4.21. The van der Waals surface area contributed by atoms with E-state index in [9.17, 15) is 4.79 Å². The molecule has 0 radical (unpaired) electrons. The summed E-state index contributed by atoms with van der Waals surface area (Å²) < 4.78 is 12.7. The van der Waals surface area contributed by atoms with Gasteiger partial charge in [-0.25, -0.2) is 4.98 Å². The minimum Gasteiger partial charge on any atom is -0.467 e. The quantitative estimate of drug-likeness (QED) is 0.630. The van der Waals surface area contributed by atoms with Gasteiger partial charge in [0, 0.05) is 30.7 Å². The summed E-state index contributed by atoms with van der Waals surface area (Å²) in [4.78, 5) is 16.8. The molecule has 3 rings (SSSR count). The Kier molecular flexibility index (Phi) is 5.86. The van der Waals surface area contributed by atoms with Crippen LogP contribution in [0.5, 0.6) is 0 Å². The second-order valence-corrected chi connectivity index (χ2v) is 6.05. The van der Waals surface area contributed by atoms with Gasteiger partial charge in [0.25, 0.3) is 5.91 Å². The molecule has 0 unspecified atom stereocenters. The number of aryl methyl sites for hydroxylation is 1. The lowest BCUT2D eigenvalue weighted by molar-refractivity contribution is 0.0916.